The highest BCUT2D eigenvalue weighted by atomic mass is 19.1. The molecular formula is C17H21FN2O2. The fourth-order valence-corrected chi connectivity index (χ4v) is 2.94. The first-order chi connectivity index (χ1) is 10.6. The topological polar surface area (TPSA) is 49.2 Å². The van der Waals surface area contributed by atoms with E-state index in [4.69, 9.17) is 4.42 Å². The number of pyridine rings is 1. The minimum Gasteiger partial charge on any atom is -0.460 e. The Labute approximate surface area is 129 Å². The molecule has 1 atom stereocenters. The van der Waals surface area contributed by atoms with Crippen molar-refractivity contribution in [2.24, 2.45) is 0 Å². The van der Waals surface area contributed by atoms with Crippen molar-refractivity contribution in [1.82, 2.24) is 9.88 Å². The molecule has 0 saturated carbocycles. The number of hydrogen-bond donors (Lipinski definition) is 1. The van der Waals surface area contributed by atoms with Crippen LogP contribution in [0.2, 0.25) is 0 Å². The van der Waals surface area contributed by atoms with Crippen molar-refractivity contribution in [2.75, 3.05) is 13.1 Å². The minimum absolute atomic E-state index is 0.0402. The third-order valence-electron chi connectivity index (χ3n) is 4.22. The summed E-state index contributed by atoms with van der Waals surface area (Å²) >= 11 is 0. The van der Waals surface area contributed by atoms with Gasteiger partial charge in [-0.2, -0.15) is 0 Å². The molecule has 1 saturated heterocycles. The fraction of sp³-hybridized carbons (Fsp3) is 0.471. The lowest BCUT2D eigenvalue weighted by atomic mass is 10.1. The molecule has 22 heavy (non-hydrogen) atoms. The summed E-state index contributed by atoms with van der Waals surface area (Å²) in [5.41, 5.74) is 2.42. The van der Waals surface area contributed by atoms with E-state index in [0.717, 1.165) is 34.9 Å². The van der Waals surface area contributed by atoms with E-state index in [2.05, 4.69) is 9.88 Å². The first-order valence-electron chi connectivity index (χ1n) is 7.75. The molecule has 0 spiro atoms. The largest absolute Gasteiger partial charge is 0.460 e. The molecule has 1 aliphatic rings. The SMILES string of the molecule is CCc1cc(-c2ccc(CN3CCC(F)C3)o2)c(C)[nH]c1=O. The molecule has 1 aliphatic heterocycles. The number of nitrogens with one attached hydrogen (secondary N) is 1. The Morgan fingerprint density at radius 1 is 1.45 bits per heavy atom. The predicted molar refractivity (Wildman–Crippen MR) is 83.7 cm³/mol. The molecule has 2 aromatic heterocycles. The average Bonchev–Trinajstić information content (AvgIpc) is 3.09. The Kier molecular flexibility index (Phi) is 4.16. The lowest BCUT2D eigenvalue weighted by Crippen LogP contribution is -2.19. The lowest BCUT2D eigenvalue weighted by Gasteiger charge is -2.12. The van der Waals surface area contributed by atoms with Gasteiger partial charge < -0.3 is 9.40 Å². The number of hydrogen-bond acceptors (Lipinski definition) is 3. The molecule has 2 aromatic rings. The van der Waals surface area contributed by atoms with Gasteiger partial charge in [0, 0.05) is 29.9 Å². The van der Waals surface area contributed by atoms with Crippen LogP contribution >= 0.6 is 0 Å². The summed E-state index contributed by atoms with van der Waals surface area (Å²) in [4.78, 5) is 16.7. The molecule has 3 heterocycles. The van der Waals surface area contributed by atoms with Crippen molar-refractivity contribution < 1.29 is 8.81 Å². The number of alkyl halides is 1. The van der Waals surface area contributed by atoms with E-state index in [1.807, 2.05) is 32.0 Å². The summed E-state index contributed by atoms with van der Waals surface area (Å²) in [6.45, 7) is 5.70. The minimum atomic E-state index is -0.719. The zero-order valence-corrected chi connectivity index (χ0v) is 13.0. The van der Waals surface area contributed by atoms with Crippen LogP contribution in [0.1, 0.15) is 30.4 Å². The number of aromatic amines is 1. The van der Waals surface area contributed by atoms with Crippen molar-refractivity contribution in [3.63, 3.8) is 0 Å². The van der Waals surface area contributed by atoms with Gasteiger partial charge in [-0.1, -0.05) is 6.92 Å². The summed E-state index contributed by atoms with van der Waals surface area (Å²) < 4.78 is 19.1. The van der Waals surface area contributed by atoms with Gasteiger partial charge in [0.05, 0.1) is 6.54 Å². The second kappa shape index (κ2) is 6.08. The zero-order valence-electron chi connectivity index (χ0n) is 13.0. The Morgan fingerprint density at radius 3 is 2.95 bits per heavy atom. The summed E-state index contributed by atoms with van der Waals surface area (Å²) in [7, 11) is 0. The molecule has 3 rings (SSSR count). The molecular weight excluding hydrogens is 283 g/mol. The van der Waals surface area contributed by atoms with Crippen molar-refractivity contribution in [3.05, 3.63) is 45.6 Å². The standard InChI is InChI=1S/C17H21FN2O2/c1-3-12-8-15(11(2)19-17(12)21)16-5-4-14(22-16)10-20-7-6-13(18)9-20/h4-5,8,13H,3,6-7,9-10H2,1-2H3,(H,19,21). The number of halogens is 1. The number of furan rings is 1. The van der Waals surface area contributed by atoms with E-state index >= 15 is 0 Å². The second-order valence-electron chi connectivity index (χ2n) is 5.90. The van der Waals surface area contributed by atoms with E-state index in [1.54, 1.807) is 0 Å². The number of aryl methyl sites for hydroxylation is 2. The quantitative estimate of drug-likeness (QED) is 0.944. The molecule has 0 aromatic carbocycles. The molecule has 0 radical (unpaired) electrons. The van der Waals surface area contributed by atoms with Gasteiger partial charge in [0.2, 0.25) is 0 Å². The van der Waals surface area contributed by atoms with E-state index < -0.39 is 6.17 Å². The normalized spacial score (nSPS) is 19.0. The van der Waals surface area contributed by atoms with Gasteiger partial charge in [-0.3, -0.25) is 9.69 Å². The monoisotopic (exact) mass is 304 g/mol. The average molecular weight is 304 g/mol. The van der Waals surface area contributed by atoms with E-state index in [-0.39, 0.29) is 5.56 Å². The van der Waals surface area contributed by atoms with Crippen LogP contribution in [0.3, 0.4) is 0 Å². The van der Waals surface area contributed by atoms with Crippen LogP contribution in [0.5, 0.6) is 0 Å². The van der Waals surface area contributed by atoms with Crippen molar-refractivity contribution >= 4 is 0 Å². The van der Waals surface area contributed by atoms with Crippen LogP contribution < -0.4 is 5.56 Å². The van der Waals surface area contributed by atoms with Crippen LogP contribution in [0.25, 0.3) is 11.3 Å². The highest BCUT2D eigenvalue weighted by Gasteiger charge is 2.22. The van der Waals surface area contributed by atoms with E-state index in [1.165, 1.54) is 0 Å². The van der Waals surface area contributed by atoms with Crippen molar-refractivity contribution in [1.29, 1.82) is 0 Å². The van der Waals surface area contributed by atoms with Gasteiger partial charge in [0.15, 0.2) is 0 Å². The van der Waals surface area contributed by atoms with Crippen LogP contribution in [-0.4, -0.2) is 29.1 Å². The maximum Gasteiger partial charge on any atom is 0.251 e. The number of aromatic nitrogens is 1. The Morgan fingerprint density at radius 2 is 2.27 bits per heavy atom. The third-order valence-corrected chi connectivity index (χ3v) is 4.22. The van der Waals surface area contributed by atoms with Crippen molar-refractivity contribution in [3.8, 4) is 11.3 Å². The maximum atomic E-state index is 13.2. The molecule has 0 amide bonds. The number of likely N-dealkylation sites (tertiary alicyclic amines) is 1. The molecule has 1 fully saturated rings. The van der Waals surface area contributed by atoms with Gasteiger partial charge in [0.1, 0.15) is 17.7 Å². The summed E-state index contributed by atoms with van der Waals surface area (Å²) in [6.07, 6.45) is 0.567. The Bertz CT molecular complexity index is 720. The number of nitrogens with zero attached hydrogens (tertiary/aromatic N) is 1. The smallest absolute Gasteiger partial charge is 0.251 e. The maximum absolute atomic E-state index is 13.2. The highest BCUT2D eigenvalue weighted by Crippen LogP contribution is 2.26. The predicted octanol–water partition coefficient (Wildman–Crippen LogP) is 3.05. The van der Waals surface area contributed by atoms with Gasteiger partial charge in [-0.05, 0) is 38.0 Å². The highest BCUT2D eigenvalue weighted by molar-refractivity contribution is 5.61. The molecule has 0 aliphatic carbocycles. The van der Waals surface area contributed by atoms with Gasteiger partial charge in [-0.25, -0.2) is 4.39 Å². The summed E-state index contributed by atoms with van der Waals surface area (Å²) in [5.74, 6) is 1.57. The van der Waals surface area contributed by atoms with Crippen molar-refractivity contribution in [2.45, 2.75) is 39.4 Å². The number of rotatable bonds is 4. The first-order valence-corrected chi connectivity index (χ1v) is 7.75. The second-order valence-corrected chi connectivity index (χ2v) is 5.90. The summed E-state index contributed by atoms with van der Waals surface area (Å²) in [5, 5.41) is 0. The van der Waals surface area contributed by atoms with Crippen LogP contribution in [0, 0.1) is 6.92 Å². The van der Waals surface area contributed by atoms with Gasteiger partial charge in [0.25, 0.3) is 5.56 Å². The van der Waals surface area contributed by atoms with E-state index in [0.29, 0.717) is 25.9 Å². The fourth-order valence-electron chi connectivity index (χ4n) is 2.94. The molecule has 4 nitrogen and oxygen atoms in total. The van der Waals surface area contributed by atoms with Crippen LogP contribution in [-0.2, 0) is 13.0 Å². The van der Waals surface area contributed by atoms with Crippen LogP contribution in [0.4, 0.5) is 4.39 Å². The molecule has 5 heteroatoms. The van der Waals surface area contributed by atoms with Crippen LogP contribution in [0.15, 0.2) is 27.4 Å². The Hall–Kier alpha value is -1.88. The van der Waals surface area contributed by atoms with E-state index in [9.17, 15) is 9.18 Å². The molecule has 0 bridgehead atoms. The molecule has 118 valence electrons. The van der Waals surface area contributed by atoms with Gasteiger partial charge >= 0.3 is 0 Å². The molecule has 1 unspecified atom stereocenters. The third kappa shape index (κ3) is 2.99. The summed E-state index contributed by atoms with van der Waals surface area (Å²) in [6, 6.07) is 5.74. The first kappa shape index (κ1) is 15.0. The Balaban J connectivity index is 1.83. The molecule has 1 N–H and O–H groups in total. The zero-order chi connectivity index (χ0) is 15.7. The number of H-pyrrole nitrogens is 1. The lowest BCUT2D eigenvalue weighted by molar-refractivity contribution is 0.265. The van der Waals surface area contributed by atoms with Gasteiger partial charge in [-0.15, -0.1) is 0 Å².